The fourth-order valence-electron chi connectivity index (χ4n) is 7.14. The highest BCUT2D eigenvalue weighted by molar-refractivity contribution is 7.13. The third-order valence-corrected chi connectivity index (χ3v) is 9.88. The van der Waals surface area contributed by atoms with Gasteiger partial charge in [0.15, 0.2) is 34.7 Å². The molecule has 6 rings (SSSR count). The second-order valence-corrected chi connectivity index (χ2v) is 13.0. The lowest BCUT2D eigenvalue weighted by Gasteiger charge is -2.52. The van der Waals surface area contributed by atoms with E-state index in [0.29, 0.717) is 22.0 Å². The van der Waals surface area contributed by atoms with Crippen molar-refractivity contribution in [3.63, 3.8) is 0 Å². The minimum Gasteiger partial charge on any atom is -0.505 e. The quantitative estimate of drug-likeness (QED) is 0.217. The summed E-state index contributed by atoms with van der Waals surface area (Å²) in [7, 11) is 6.63. The Balaban J connectivity index is 1.42. The Hall–Kier alpha value is -4.60. The number of benzene rings is 1. The molecule has 2 fully saturated rings. The average molecular weight is 634 g/mol. The third kappa shape index (κ3) is 4.52. The standard InChI is InChI=1S/C30H31N7O7S/c1-36(2)17-9-15(35-18-11-33-16(10-34-18)29-32-5-6-45-29)23(38)20-13(17)7-12-8-14-22(37(3)4)25(40)21(28(31)43)27(42)30(14,44)26(41)19(12)24(20)39/h5-6,9-12,14,19,21-22,38,44H,7-8H2,1-4H3,(H2,31,43)(H,34,35)/t12?,14?,19?,21?,22-,30-/m0/s1. The zero-order valence-corrected chi connectivity index (χ0v) is 25.7. The highest BCUT2D eigenvalue weighted by atomic mass is 32.1. The number of phenols is 1. The number of primary amides is 1. The summed E-state index contributed by atoms with van der Waals surface area (Å²) in [5, 5.41) is 28.7. The van der Waals surface area contributed by atoms with Crippen LogP contribution in [-0.2, 0) is 25.6 Å². The number of nitrogens with one attached hydrogen (secondary N) is 1. The van der Waals surface area contributed by atoms with Crippen LogP contribution in [0, 0.1) is 23.7 Å². The van der Waals surface area contributed by atoms with Gasteiger partial charge in [0.2, 0.25) is 5.91 Å². The molecule has 0 radical (unpaired) electrons. The largest absolute Gasteiger partial charge is 0.505 e. The molecule has 6 atom stereocenters. The molecule has 1 aromatic carbocycles. The summed E-state index contributed by atoms with van der Waals surface area (Å²) in [6.07, 6.45) is 4.74. The predicted octanol–water partition coefficient (Wildman–Crippen LogP) is 0.590. The number of likely N-dealkylation sites (N-methyl/N-ethyl adjacent to an activating group) is 1. The van der Waals surface area contributed by atoms with Crippen LogP contribution in [0.3, 0.4) is 0 Å². The van der Waals surface area contributed by atoms with Crippen molar-refractivity contribution in [2.75, 3.05) is 38.4 Å². The van der Waals surface area contributed by atoms with E-state index < -0.39 is 70.1 Å². The van der Waals surface area contributed by atoms with Gasteiger partial charge in [-0.15, -0.1) is 11.3 Å². The molecule has 5 N–H and O–H groups in total. The van der Waals surface area contributed by atoms with Gasteiger partial charge >= 0.3 is 0 Å². The SMILES string of the molecule is CN(C)c1cc(Nc2cnc(-c3nccs3)cn2)c(O)c2c1CC1CC3[C@H](N(C)C)C(=O)C(C(N)=O)C(=O)[C@@]3(O)C(=O)C1C2=O. The van der Waals surface area contributed by atoms with E-state index in [1.54, 1.807) is 45.4 Å². The molecule has 4 unspecified atom stereocenters. The number of aliphatic hydroxyl groups is 1. The maximum atomic E-state index is 14.2. The van der Waals surface area contributed by atoms with Crippen molar-refractivity contribution in [2.45, 2.75) is 24.5 Å². The zero-order valence-electron chi connectivity index (χ0n) is 24.8. The molecule has 0 spiro atoms. The van der Waals surface area contributed by atoms with Gasteiger partial charge in [-0.05, 0) is 44.5 Å². The Labute approximate surface area is 261 Å². The van der Waals surface area contributed by atoms with Crippen LogP contribution in [-0.4, -0.2) is 98.9 Å². The second kappa shape index (κ2) is 10.8. The number of carbonyl (C=O) groups is 5. The lowest BCUT2D eigenvalue weighted by atomic mass is 9.52. The molecule has 1 amide bonds. The number of nitrogens with two attached hydrogens (primary N) is 1. The van der Waals surface area contributed by atoms with Crippen molar-refractivity contribution >= 4 is 57.6 Å². The molecule has 15 heteroatoms. The number of thiazole rings is 1. The summed E-state index contributed by atoms with van der Waals surface area (Å²) in [6, 6.07) is 0.496. The Bertz CT molecular complexity index is 1760. The number of Topliss-reactive ketones (excluding diaryl/α,β-unsaturated/α-hetero) is 4. The first-order valence-electron chi connectivity index (χ1n) is 14.2. The molecule has 14 nitrogen and oxygen atoms in total. The van der Waals surface area contributed by atoms with Gasteiger partial charge < -0.3 is 26.2 Å². The minimum atomic E-state index is -2.79. The predicted molar refractivity (Wildman–Crippen MR) is 162 cm³/mol. The van der Waals surface area contributed by atoms with Crippen molar-refractivity contribution in [3.05, 3.63) is 41.2 Å². The molecule has 2 aromatic heterocycles. The number of aromatic hydroxyl groups is 1. The molecule has 3 aliphatic rings. The van der Waals surface area contributed by atoms with Crippen LogP contribution in [0.5, 0.6) is 5.75 Å². The molecule has 0 aliphatic heterocycles. The topological polar surface area (TPSA) is 209 Å². The van der Waals surface area contributed by atoms with E-state index in [4.69, 9.17) is 5.73 Å². The number of anilines is 3. The molecular weight excluding hydrogens is 602 g/mol. The summed E-state index contributed by atoms with van der Waals surface area (Å²) >= 11 is 1.40. The van der Waals surface area contributed by atoms with Gasteiger partial charge in [-0.3, -0.25) is 28.9 Å². The van der Waals surface area contributed by atoms with E-state index in [0.717, 1.165) is 0 Å². The average Bonchev–Trinajstić information content (AvgIpc) is 3.51. The van der Waals surface area contributed by atoms with Crippen molar-refractivity contribution < 1.29 is 34.2 Å². The maximum Gasteiger partial charge on any atom is 0.235 e. The maximum absolute atomic E-state index is 14.2. The summed E-state index contributed by atoms with van der Waals surface area (Å²) in [5.41, 5.74) is 4.24. The van der Waals surface area contributed by atoms with E-state index in [1.165, 1.54) is 28.6 Å². The van der Waals surface area contributed by atoms with Gasteiger partial charge in [0.25, 0.3) is 0 Å². The van der Waals surface area contributed by atoms with E-state index in [-0.39, 0.29) is 29.9 Å². The summed E-state index contributed by atoms with van der Waals surface area (Å²) in [6.45, 7) is 0. The number of ketones is 4. The van der Waals surface area contributed by atoms with E-state index in [2.05, 4.69) is 20.3 Å². The number of hydrogen-bond acceptors (Lipinski definition) is 14. The fraction of sp³-hybridized carbons (Fsp3) is 0.400. The smallest absolute Gasteiger partial charge is 0.235 e. The van der Waals surface area contributed by atoms with Gasteiger partial charge in [-0.2, -0.15) is 0 Å². The normalized spacial score (nSPS) is 27.6. The molecule has 3 aromatic rings. The number of aromatic nitrogens is 3. The highest BCUT2D eigenvalue weighted by Gasteiger charge is 2.69. The van der Waals surface area contributed by atoms with Crippen molar-refractivity contribution in [1.29, 1.82) is 0 Å². The van der Waals surface area contributed by atoms with Crippen LogP contribution in [0.2, 0.25) is 0 Å². The first kappa shape index (κ1) is 30.4. The molecule has 45 heavy (non-hydrogen) atoms. The first-order valence-corrected chi connectivity index (χ1v) is 15.0. The molecule has 3 aliphatic carbocycles. The van der Waals surface area contributed by atoms with Crippen LogP contribution in [0.1, 0.15) is 22.3 Å². The summed E-state index contributed by atoms with van der Waals surface area (Å²) in [5.74, 6) is -10.8. The molecule has 234 valence electrons. The van der Waals surface area contributed by atoms with Gasteiger partial charge in [0, 0.05) is 37.3 Å². The Morgan fingerprint density at radius 2 is 1.82 bits per heavy atom. The molecule has 0 bridgehead atoms. The Morgan fingerprint density at radius 1 is 1.09 bits per heavy atom. The number of hydrogen-bond donors (Lipinski definition) is 4. The number of fused-ring (bicyclic) bond motifs is 3. The monoisotopic (exact) mass is 633 g/mol. The fourth-order valence-corrected chi connectivity index (χ4v) is 7.74. The zero-order chi connectivity index (χ0) is 32.5. The molecule has 2 heterocycles. The van der Waals surface area contributed by atoms with Crippen LogP contribution < -0.4 is 16.0 Å². The van der Waals surface area contributed by atoms with Crippen molar-refractivity contribution in [1.82, 2.24) is 19.9 Å². The Morgan fingerprint density at radius 3 is 2.40 bits per heavy atom. The number of rotatable bonds is 6. The second-order valence-electron chi connectivity index (χ2n) is 12.1. The number of carbonyl (C=O) groups excluding carboxylic acids is 5. The molecule has 0 saturated heterocycles. The molecule has 2 saturated carbocycles. The minimum absolute atomic E-state index is 0.0292. The van der Waals surface area contributed by atoms with Crippen LogP contribution in [0.4, 0.5) is 17.2 Å². The van der Waals surface area contributed by atoms with Gasteiger partial charge in [-0.25, -0.2) is 15.0 Å². The first-order chi connectivity index (χ1) is 21.3. The number of amides is 1. The van der Waals surface area contributed by atoms with Gasteiger partial charge in [0.05, 0.1) is 35.6 Å². The number of phenolic OH excluding ortho intramolecular Hbond substituents is 1. The molecular formula is C30H31N7O7S. The van der Waals surface area contributed by atoms with Crippen LogP contribution >= 0.6 is 11.3 Å². The van der Waals surface area contributed by atoms with Gasteiger partial charge in [0.1, 0.15) is 22.3 Å². The number of nitrogens with zero attached hydrogens (tertiary/aromatic N) is 5. The summed E-state index contributed by atoms with van der Waals surface area (Å²) < 4.78 is 0. The Kier molecular flexibility index (Phi) is 7.29. The van der Waals surface area contributed by atoms with Gasteiger partial charge in [-0.1, -0.05) is 0 Å². The van der Waals surface area contributed by atoms with Crippen LogP contribution in [0.25, 0.3) is 10.7 Å². The lowest BCUT2D eigenvalue weighted by molar-refractivity contribution is -0.181. The third-order valence-electron chi connectivity index (χ3n) is 9.09. The van der Waals surface area contributed by atoms with Crippen molar-refractivity contribution in [3.8, 4) is 16.5 Å². The van der Waals surface area contributed by atoms with E-state index in [9.17, 15) is 34.2 Å². The highest BCUT2D eigenvalue weighted by Crippen LogP contribution is 2.53. The van der Waals surface area contributed by atoms with Crippen LogP contribution in [0.15, 0.2) is 30.0 Å². The van der Waals surface area contributed by atoms with E-state index >= 15 is 0 Å². The van der Waals surface area contributed by atoms with Crippen molar-refractivity contribution in [2.24, 2.45) is 29.4 Å². The van der Waals surface area contributed by atoms with E-state index in [1.807, 2.05) is 5.38 Å². The lowest BCUT2D eigenvalue weighted by Crippen LogP contribution is -2.74. The summed E-state index contributed by atoms with van der Waals surface area (Å²) in [4.78, 5) is 83.5.